The smallest absolute Gasteiger partial charge is 0.222 e. The molecule has 0 bridgehead atoms. The third-order valence-electron chi connectivity index (χ3n) is 3.81. The summed E-state index contributed by atoms with van der Waals surface area (Å²) in [6, 6.07) is 8.33. The zero-order chi connectivity index (χ0) is 13.8. The van der Waals surface area contributed by atoms with Crippen molar-refractivity contribution in [3.05, 3.63) is 30.6 Å². The zero-order valence-electron chi connectivity index (χ0n) is 12.3. The van der Waals surface area contributed by atoms with E-state index >= 15 is 0 Å². The van der Waals surface area contributed by atoms with Gasteiger partial charge in [0.1, 0.15) is 0 Å². The molecule has 0 atom stereocenters. The monoisotopic (exact) mass is 344 g/mol. The molecule has 22 heavy (non-hydrogen) atoms. The lowest BCUT2D eigenvalue weighted by Crippen LogP contribution is -2.42. The van der Waals surface area contributed by atoms with Crippen LogP contribution < -0.4 is 10.6 Å². The number of carbonyl (C=O) groups is 1. The molecule has 0 spiro atoms. The van der Waals surface area contributed by atoms with Gasteiger partial charge >= 0.3 is 0 Å². The average molecular weight is 345 g/mol. The molecule has 1 aromatic carbocycles. The highest BCUT2D eigenvalue weighted by atomic mass is 35.5. The summed E-state index contributed by atoms with van der Waals surface area (Å²) in [5.74, 6) is 0.134. The van der Waals surface area contributed by atoms with Gasteiger partial charge in [0.05, 0.1) is 17.4 Å². The lowest BCUT2D eigenvalue weighted by Gasteiger charge is -2.23. The van der Waals surface area contributed by atoms with Gasteiger partial charge in [0, 0.05) is 19.0 Å². The summed E-state index contributed by atoms with van der Waals surface area (Å²) in [4.78, 5) is 16.3. The van der Waals surface area contributed by atoms with Crippen LogP contribution in [0.25, 0.3) is 11.0 Å². The highest BCUT2D eigenvalue weighted by molar-refractivity contribution is 5.85. The van der Waals surface area contributed by atoms with E-state index in [9.17, 15) is 4.79 Å². The summed E-state index contributed by atoms with van der Waals surface area (Å²) in [6.07, 6.45) is 4.37. The van der Waals surface area contributed by atoms with E-state index in [2.05, 4.69) is 15.6 Å². The molecule has 3 rings (SSSR count). The molecule has 2 aromatic rings. The van der Waals surface area contributed by atoms with Gasteiger partial charge in [0.2, 0.25) is 5.91 Å². The molecule has 0 aliphatic carbocycles. The van der Waals surface area contributed by atoms with Gasteiger partial charge in [-0.2, -0.15) is 0 Å². The molecule has 0 radical (unpaired) electrons. The first-order chi connectivity index (χ1) is 9.83. The molecule has 2 N–H and O–H groups in total. The Kier molecular flexibility index (Phi) is 7.65. The minimum atomic E-state index is 0. The molecule has 1 amide bonds. The maximum Gasteiger partial charge on any atom is 0.222 e. The number of amides is 1. The predicted molar refractivity (Wildman–Crippen MR) is 92.9 cm³/mol. The Morgan fingerprint density at radius 3 is 2.77 bits per heavy atom. The Balaban J connectivity index is 0.00000121. The number of halogens is 2. The predicted octanol–water partition coefficient (Wildman–Crippen LogP) is 2.14. The van der Waals surface area contributed by atoms with E-state index in [0.717, 1.165) is 37.0 Å². The van der Waals surface area contributed by atoms with E-state index in [1.54, 1.807) is 0 Å². The van der Waals surface area contributed by atoms with Gasteiger partial charge < -0.3 is 15.2 Å². The molecule has 5 nitrogen and oxygen atoms in total. The van der Waals surface area contributed by atoms with Crippen LogP contribution in [-0.2, 0) is 11.3 Å². The molecule has 7 heteroatoms. The van der Waals surface area contributed by atoms with Gasteiger partial charge in [-0.25, -0.2) is 4.98 Å². The van der Waals surface area contributed by atoms with Crippen molar-refractivity contribution in [2.45, 2.75) is 31.8 Å². The number of fused-ring (bicyclic) bond motifs is 1. The second kappa shape index (κ2) is 8.98. The van der Waals surface area contributed by atoms with Crippen molar-refractivity contribution in [3.8, 4) is 0 Å². The van der Waals surface area contributed by atoms with Gasteiger partial charge in [-0.05, 0) is 38.1 Å². The van der Waals surface area contributed by atoms with Crippen molar-refractivity contribution in [2.75, 3.05) is 13.1 Å². The normalized spacial score (nSPS) is 14.9. The van der Waals surface area contributed by atoms with Crippen LogP contribution in [0.1, 0.15) is 19.3 Å². The molecule has 1 saturated heterocycles. The fourth-order valence-electron chi connectivity index (χ4n) is 2.68. The standard InChI is InChI=1S/C15H20N4O.2ClH/c20-15(18-12-5-8-16-9-6-12)7-10-19-11-17-13-3-1-2-4-14(13)19;;/h1-4,11-12,16H,5-10H2,(H,18,20);2*1H. The number of benzene rings is 1. The summed E-state index contributed by atoms with van der Waals surface area (Å²) in [5.41, 5.74) is 2.06. The van der Waals surface area contributed by atoms with Gasteiger partial charge in [-0.15, -0.1) is 24.8 Å². The first-order valence-corrected chi connectivity index (χ1v) is 7.23. The fourth-order valence-corrected chi connectivity index (χ4v) is 2.68. The summed E-state index contributed by atoms with van der Waals surface area (Å²) in [5, 5.41) is 6.42. The Bertz CT molecular complexity index is 596. The molecule has 0 saturated carbocycles. The number of nitrogens with one attached hydrogen (secondary N) is 2. The number of nitrogens with zero attached hydrogens (tertiary/aromatic N) is 2. The van der Waals surface area contributed by atoms with E-state index in [0.29, 0.717) is 19.0 Å². The maximum absolute atomic E-state index is 12.0. The number of aromatic nitrogens is 2. The van der Waals surface area contributed by atoms with Crippen LogP contribution in [-0.4, -0.2) is 34.6 Å². The van der Waals surface area contributed by atoms with Crippen LogP contribution in [0.4, 0.5) is 0 Å². The Morgan fingerprint density at radius 1 is 1.27 bits per heavy atom. The third kappa shape index (κ3) is 4.60. The number of hydrogen-bond donors (Lipinski definition) is 2. The Morgan fingerprint density at radius 2 is 2.00 bits per heavy atom. The number of rotatable bonds is 4. The second-order valence-electron chi connectivity index (χ2n) is 5.27. The number of carbonyl (C=O) groups excluding carboxylic acids is 1. The molecule has 0 unspecified atom stereocenters. The molecule has 1 aromatic heterocycles. The first kappa shape index (κ1) is 18.7. The van der Waals surface area contributed by atoms with E-state index in [4.69, 9.17) is 0 Å². The molecule has 1 aliphatic heterocycles. The second-order valence-corrected chi connectivity index (χ2v) is 5.27. The first-order valence-electron chi connectivity index (χ1n) is 7.23. The molecular formula is C15H22Cl2N4O. The Labute approximate surface area is 142 Å². The highest BCUT2D eigenvalue weighted by Crippen LogP contribution is 2.12. The summed E-state index contributed by atoms with van der Waals surface area (Å²) in [6.45, 7) is 2.67. The topological polar surface area (TPSA) is 59.0 Å². The quantitative estimate of drug-likeness (QED) is 0.893. The van der Waals surface area contributed by atoms with Gasteiger partial charge in [0.25, 0.3) is 0 Å². The van der Waals surface area contributed by atoms with Crippen LogP contribution in [0.15, 0.2) is 30.6 Å². The number of imidazole rings is 1. The van der Waals surface area contributed by atoms with Crippen LogP contribution in [0.2, 0.25) is 0 Å². The minimum absolute atomic E-state index is 0. The molecule has 122 valence electrons. The Hall–Kier alpha value is -1.30. The SMILES string of the molecule is Cl.Cl.O=C(CCn1cnc2ccccc21)NC1CCNCC1. The molecular weight excluding hydrogens is 323 g/mol. The van der Waals surface area contributed by atoms with Crippen LogP contribution in [0.5, 0.6) is 0 Å². The van der Waals surface area contributed by atoms with Crippen molar-refractivity contribution in [2.24, 2.45) is 0 Å². The van der Waals surface area contributed by atoms with Crippen molar-refractivity contribution >= 4 is 41.8 Å². The van der Waals surface area contributed by atoms with Crippen LogP contribution >= 0.6 is 24.8 Å². The summed E-state index contributed by atoms with van der Waals surface area (Å²) < 4.78 is 2.04. The maximum atomic E-state index is 12.0. The number of para-hydroxylation sites is 2. The van der Waals surface area contributed by atoms with Gasteiger partial charge in [-0.3, -0.25) is 4.79 Å². The number of hydrogen-bond acceptors (Lipinski definition) is 3. The molecule has 2 heterocycles. The average Bonchev–Trinajstić information content (AvgIpc) is 2.89. The van der Waals surface area contributed by atoms with E-state index in [1.807, 2.05) is 35.2 Å². The lowest BCUT2D eigenvalue weighted by molar-refractivity contribution is -0.122. The molecule has 1 aliphatic rings. The zero-order valence-corrected chi connectivity index (χ0v) is 14.0. The van der Waals surface area contributed by atoms with Crippen molar-refractivity contribution < 1.29 is 4.79 Å². The van der Waals surface area contributed by atoms with Gasteiger partial charge in [0.15, 0.2) is 0 Å². The van der Waals surface area contributed by atoms with Crippen molar-refractivity contribution in [1.82, 2.24) is 20.2 Å². The summed E-state index contributed by atoms with van der Waals surface area (Å²) in [7, 11) is 0. The van der Waals surface area contributed by atoms with Crippen molar-refractivity contribution in [1.29, 1.82) is 0 Å². The van der Waals surface area contributed by atoms with E-state index < -0.39 is 0 Å². The number of piperidine rings is 1. The van der Waals surface area contributed by atoms with Crippen LogP contribution in [0, 0.1) is 0 Å². The minimum Gasteiger partial charge on any atom is -0.353 e. The fraction of sp³-hybridized carbons (Fsp3) is 0.467. The van der Waals surface area contributed by atoms with Crippen LogP contribution in [0.3, 0.4) is 0 Å². The van der Waals surface area contributed by atoms with Crippen molar-refractivity contribution in [3.63, 3.8) is 0 Å². The molecule has 1 fully saturated rings. The number of aryl methyl sites for hydroxylation is 1. The lowest BCUT2D eigenvalue weighted by atomic mass is 10.1. The highest BCUT2D eigenvalue weighted by Gasteiger charge is 2.15. The largest absolute Gasteiger partial charge is 0.353 e. The van der Waals surface area contributed by atoms with Gasteiger partial charge in [-0.1, -0.05) is 12.1 Å². The van der Waals surface area contributed by atoms with E-state index in [-0.39, 0.29) is 30.7 Å². The van der Waals surface area contributed by atoms with E-state index in [1.165, 1.54) is 0 Å². The third-order valence-corrected chi connectivity index (χ3v) is 3.81. The summed E-state index contributed by atoms with van der Waals surface area (Å²) >= 11 is 0.